The van der Waals surface area contributed by atoms with Crippen LogP contribution in [0, 0.1) is 11.6 Å². The lowest BCUT2D eigenvalue weighted by molar-refractivity contribution is 0.374. The first-order valence-corrected chi connectivity index (χ1v) is 6.42. The molecule has 1 aliphatic heterocycles. The Morgan fingerprint density at radius 1 is 1.35 bits per heavy atom. The quantitative estimate of drug-likeness (QED) is 0.927. The van der Waals surface area contributed by atoms with Crippen LogP contribution in [0.15, 0.2) is 16.7 Å². The normalized spacial score (nSPS) is 14.4. The molecule has 5 nitrogen and oxygen atoms in total. The molecular weight excluding hydrogens is 266 g/mol. The number of fused-ring (bicyclic) bond motifs is 1. The van der Waals surface area contributed by atoms with E-state index in [0.717, 1.165) is 12.5 Å². The molecule has 0 aliphatic carbocycles. The number of aryl methyl sites for hydroxylation is 1. The van der Waals surface area contributed by atoms with Gasteiger partial charge in [0.25, 0.3) is 0 Å². The van der Waals surface area contributed by atoms with Crippen molar-refractivity contribution in [3.05, 3.63) is 41.0 Å². The number of nitrogens with two attached hydrogens (primary N) is 1. The summed E-state index contributed by atoms with van der Waals surface area (Å²) in [6, 6.07) is 2.28. The molecule has 0 spiro atoms. The van der Waals surface area contributed by atoms with Gasteiger partial charge in [-0.25, -0.2) is 8.78 Å². The van der Waals surface area contributed by atoms with Crippen molar-refractivity contribution < 1.29 is 13.3 Å². The Kier molecular flexibility index (Phi) is 3.35. The third-order valence-corrected chi connectivity index (χ3v) is 3.31. The minimum atomic E-state index is -0.553. The van der Waals surface area contributed by atoms with Crippen LogP contribution in [0.1, 0.15) is 23.7 Å². The van der Waals surface area contributed by atoms with Gasteiger partial charge >= 0.3 is 0 Å². The fraction of sp³-hybridized carbons (Fsp3) is 0.385. The van der Waals surface area contributed by atoms with Crippen molar-refractivity contribution in [2.45, 2.75) is 25.9 Å². The number of aromatic nitrogens is 2. The Hall–Kier alpha value is -2.02. The SMILES string of the molecule is NCc1nc(CN2CCCc3cc(F)cc(F)c32)no1. The van der Waals surface area contributed by atoms with Crippen molar-refractivity contribution in [3.63, 3.8) is 0 Å². The Labute approximate surface area is 114 Å². The van der Waals surface area contributed by atoms with Crippen LogP contribution in [0.5, 0.6) is 0 Å². The van der Waals surface area contributed by atoms with E-state index in [4.69, 9.17) is 10.3 Å². The largest absolute Gasteiger partial charge is 0.361 e. The molecular formula is C13H14F2N4O. The number of anilines is 1. The molecule has 20 heavy (non-hydrogen) atoms. The van der Waals surface area contributed by atoms with Gasteiger partial charge in [0.05, 0.1) is 18.8 Å². The number of hydrogen-bond donors (Lipinski definition) is 1. The summed E-state index contributed by atoms with van der Waals surface area (Å²) in [5.41, 5.74) is 6.51. The van der Waals surface area contributed by atoms with Crippen LogP contribution in [-0.4, -0.2) is 16.7 Å². The van der Waals surface area contributed by atoms with E-state index in [2.05, 4.69) is 10.1 Å². The van der Waals surface area contributed by atoms with Crippen LogP contribution in [0.2, 0.25) is 0 Å². The van der Waals surface area contributed by atoms with E-state index in [1.54, 1.807) is 4.90 Å². The Morgan fingerprint density at radius 2 is 2.20 bits per heavy atom. The van der Waals surface area contributed by atoms with E-state index in [0.29, 0.717) is 42.5 Å². The van der Waals surface area contributed by atoms with Crippen molar-refractivity contribution in [2.24, 2.45) is 5.73 Å². The average Bonchev–Trinajstić information content (AvgIpc) is 2.86. The summed E-state index contributed by atoms with van der Waals surface area (Å²) in [6.45, 7) is 1.16. The summed E-state index contributed by atoms with van der Waals surface area (Å²) in [6.07, 6.45) is 1.50. The highest BCUT2D eigenvalue weighted by Gasteiger charge is 2.23. The monoisotopic (exact) mass is 280 g/mol. The van der Waals surface area contributed by atoms with Crippen molar-refractivity contribution in [2.75, 3.05) is 11.4 Å². The maximum atomic E-state index is 14.0. The predicted molar refractivity (Wildman–Crippen MR) is 67.9 cm³/mol. The Morgan fingerprint density at radius 3 is 2.95 bits per heavy atom. The van der Waals surface area contributed by atoms with Gasteiger partial charge in [-0.1, -0.05) is 5.16 Å². The highest BCUT2D eigenvalue weighted by molar-refractivity contribution is 5.56. The minimum Gasteiger partial charge on any atom is -0.361 e. The van der Waals surface area contributed by atoms with E-state index in [-0.39, 0.29) is 6.54 Å². The fourth-order valence-electron chi connectivity index (χ4n) is 2.50. The maximum absolute atomic E-state index is 14.0. The van der Waals surface area contributed by atoms with Crippen LogP contribution in [-0.2, 0) is 19.5 Å². The number of nitrogens with zero attached hydrogens (tertiary/aromatic N) is 3. The minimum absolute atomic E-state index is 0.170. The van der Waals surface area contributed by atoms with Crippen molar-refractivity contribution >= 4 is 5.69 Å². The molecule has 0 unspecified atom stereocenters. The zero-order valence-electron chi connectivity index (χ0n) is 10.8. The average molecular weight is 280 g/mol. The molecule has 0 bridgehead atoms. The molecule has 0 saturated heterocycles. The van der Waals surface area contributed by atoms with Crippen molar-refractivity contribution in [1.29, 1.82) is 0 Å². The Balaban J connectivity index is 1.89. The molecule has 0 radical (unpaired) electrons. The first-order chi connectivity index (χ1) is 9.67. The molecule has 1 aliphatic rings. The van der Waals surface area contributed by atoms with Crippen molar-refractivity contribution in [3.8, 4) is 0 Å². The highest BCUT2D eigenvalue weighted by Crippen LogP contribution is 2.31. The lowest BCUT2D eigenvalue weighted by Crippen LogP contribution is -2.30. The standard InChI is InChI=1S/C13H14F2N4O/c14-9-4-8-2-1-3-19(13(8)10(15)5-9)7-11-17-12(6-16)20-18-11/h4-5H,1-3,6-7,16H2. The molecule has 0 saturated carbocycles. The van der Waals surface area contributed by atoms with Gasteiger partial charge in [-0.2, -0.15) is 4.98 Å². The molecule has 0 amide bonds. The van der Waals surface area contributed by atoms with E-state index in [1.807, 2.05) is 0 Å². The van der Waals surface area contributed by atoms with Crippen LogP contribution in [0.25, 0.3) is 0 Å². The van der Waals surface area contributed by atoms with Crippen LogP contribution < -0.4 is 10.6 Å². The number of halogens is 2. The smallest absolute Gasteiger partial charge is 0.240 e. The first kappa shape index (κ1) is 13.0. The molecule has 2 heterocycles. The summed E-state index contributed by atoms with van der Waals surface area (Å²) < 4.78 is 32.2. The van der Waals surface area contributed by atoms with Gasteiger partial charge in [-0.05, 0) is 24.5 Å². The van der Waals surface area contributed by atoms with E-state index >= 15 is 0 Å². The lowest BCUT2D eigenvalue weighted by atomic mass is 10.0. The second-order valence-corrected chi connectivity index (χ2v) is 4.73. The second-order valence-electron chi connectivity index (χ2n) is 4.73. The third kappa shape index (κ3) is 2.36. The topological polar surface area (TPSA) is 68.2 Å². The van der Waals surface area contributed by atoms with E-state index in [1.165, 1.54) is 6.07 Å². The highest BCUT2D eigenvalue weighted by atomic mass is 19.1. The molecule has 1 aromatic carbocycles. The molecule has 0 atom stereocenters. The zero-order chi connectivity index (χ0) is 14.1. The maximum Gasteiger partial charge on any atom is 0.240 e. The van der Waals surface area contributed by atoms with Crippen molar-refractivity contribution in [1.82, 2.24) is 10.1 Å². The van der Waals surface area contributed by atoms with Gasteiger partial charge in [0.2, 0.25) is 5.89 Å². The summed E-state index contributed by atoms with van der Waals surface area (Å²) in [4.78, 5) is 5.91. The zero-order valence-corrected chi connectivity index (χ0v) is 10.8. The molecule has 2 aromatic rings. The summed E-state index contributed by atoms with van der Waals surface area (Å²) >= 11 is 0. The fourth-order valence-corrected chi connectivity index (χ4v) is 2.50. The van der Waals surface area contributed by atoms with Gasteiger partial charge < -0.3 is 15.2 Å². The third-order valence-electron chi connectivity index (χ3n) is 3.31. The molecule has 2 N–H and O–H groups in total. The van der Waals surface area contributed by atoms with Crippen LogP contribution in [0.4, 0.5) is 14.5 Å². The summed E-state index contributed by atoms with van der Waals surface area (Å²) in [5.74, 6) is -0.311. The molecule has 1 aromatic heterocycles. The van der Waals surface area contributed by atoms with Crippen LogP contribution in [0.3, 0.4) is 0 Å². The number of rotatable bonds is 3. The van der Waals surface area contributed by atoms with Gasteiger partial charge in [0, 0.05) is 12.6 Å². The van der Waals surface area contributed by atoms with Gasteiger partial charge in [0.15, 0.2) is 5.82 Å². The summed E-state index contributed by atoms with van der Waals surface area (Å²) in [7, 11) is 0. The molecule has 0 fully saturated rings. The lowest BCUT2D eigenvalue weighted by Gasteiger charge is -2.30. The van der Waals surface area contributed by atoms with E-state index in [9.17, 15) is 8.78 Å². The molecule has 106 valence electrons. The number of hydrogen-bond acceptors (Lipinski definition) is 5. The first-order valence-electron chi connectivity index (χ1n) is 6.42. The second kappa shape index (κ2) is 5.16. The predicted octanol–water partition coefficient (Wildman–Crippen LogP) is 1.76. The summed E-state index contributed by atoms with van der Waals surface area (Å²) in [5, 5.41) is 3.80. The molecule has 7 heteroatoms. The van der Waals surface area contributed by atoms with Gasteiger partial charge in [0.1, 0.15) is 11.6 Å². The molecule has 3 rings (SSSR count). The van der Waals surface area contributed by atoms with Crippen LogP contribution >= 0.6 is 0 Å². The van der Waals surface area contributed by atoms with Gasteiger partial charge in [-0.3, -0.25) is 0 Å². The Bertz CT molecular complexity index is 629. The van der Waals surface area contributed by atoms with E-state index < -0.39 is 11.6 Å². The van der Waals surface area contributed by atoms with Gasteiger partial charge in [-0.15, -0.1) is 0 Å². The number of benzene rings is 1.